The van der Waals surface area contributed by atoms with E-state index < -0.39 is 0 Å². The summed E-state index contributed by atoms with van der Waals surface area (Å²) in [6, 6.07) is 10.3. The Morgan fingerprint density at radius 2 is 2.10 bits per heavy atom. The fourth-order valence-electron chi connectivity index (χ4n) is 2.12. The van der Waals surface area contributed by atoms with Crippen LogP contribution in [-0.2, 0) is 6.42 Å². The molecule has 0 saturated heterocycles. The van der Waals surface area contributed by atoms with E-state index in [1.807, 2.05) is 25.1 Å². The third-order valence-corrected chi connectivity index (χ3v) is 5.07. The fourth-order valence-corrected chi connectivity index (χ4v) is 3.05. The first-order valence-electron chi connectivity index (χ1n) is 6.18. The van der Waals surface area contributed by atoms with Crippen molar-refractivity contribution >= 4 is 34.2 Å². The molecule has 0 radical (unpaired) electrons. The van der Waals surface area contributed by atoms with Crippen LogP contribution >= 0.6 is 34.2 Å². The minimum Gasteiger partial charge on any atom is -0.271 e. The van der Waals surface area contributed by atoms with Crippen LogP contribution in [0.25, 0.3) is 0 Å². The standard InChI is InChI=1S/C15H15ClFIN2/c1-9-3-2-4-12(15(9)18)14(20-19)8-10-7-11(17)5-6-13(10)16/h2-7,14,20H,8,19H2,1H3. The van der Waals surface area contributed by atoms with Gasteiger partial charge in [-0.3, -0.25) is 11.3 Å². The van der Waals surface area contributed by atoms with Gasteiger partial charge in [0.25, 0.3) is 0 Å². The third kappa shape index (κ3) is 3.49. The van der Waals surface area contributed by atoms with Gasteiger partial charge in [-0.05, 0) is 70.8 Å². The predicted molar refractivity (Wildman–Crippen MR) is 89.1 cm³/mol. The Morgan fingerprint density at radius 3 is 2.80 bits per heavy atom. The molecule has 0 saturated carbocycles. The number of hydrazine groups is 1. The van der Waals surface area contributed by atoms with Gasteiger partial charge in [-0.2, -0.15) is 0 Å². The van der Waals surface area contributed by atoms with Gasteiger partial charge in [0.05, 0.1) is 6.04 Å². The largest absolute Gasteiger partial charge is 0.271 e. The Hall–Kier alpha value is -0.690. The number of hydrogen-bond acceptors (Lipinski definition) is 2. The van der Waals surface area contributed by atoms with Crippen molar-refractivity contribution in [2.75, 3.05) is 0 Å². The number of hydrogen-bond donors (Lipinski definition) is 2. The van der Waals surface area contributed by atoms with Crippen molar-refractivity contribution in [3.05, 3.63) is 67.5 Å². The van der Waals surface area contributed by atoms with E-state index in [0.29, 0.717) is 11.4 Å². The van der Waals surface area contributed by atoms with Crippen molar-refractivity contribution in [1.29, 1.82) is 0 Å². The van der Waals surface area contributed by atoms with Gasteiger partial charge in [-0.25, -0.2) is 4.39 Å². The first-order chi connectivity index (χ1) is 9.52. The highest BCUT2D eigenvalue weighted by molar-refractivity contribution is 14.1. The van der Waals surface area contributed by atoms with E-state index >= 15 is 0 Å². The molecule has 0 aliphatic rings. The second-order valence-electron chi connectivity index (χ2n) is 4.64. The van der Waals surface area contributed by atoms with Crippen molar-refractivity contribution in [2.45, 2.75) is 19.4 Å². The van der Waals surface area contributed by atoms with Gasteiger partial charge < -0.3 is 0 Å². The molecular formula is C15H15ClFIN2. The summed E-state index contributed by atoms with van der Waals surface area (Å²) in [5, 5.41) is 0.550. The Balaban J connectivity index is 2.34. The summed E-state index contributed by atoms with van der Waals surface area (Å²) in [5.41, 5.74) is 5.82. The average Bonchev–Trinajstić information content (AvgIpc) is 2.43. The summed E-state index contributed by atoms with van der Waals surface area (Å²) >= 11 is 8.42. The summed E-state index contributed by atoms with van der Waals surface area (Å²) in [6.07, 6.45) is 0.534. The molecule has 3 N–H and O–H groups in total. The number of benzene rings is 2. The molecule has 0 spiro atoms. The van der Waals surface area contributed by atoms with Crippen LogP contribution in [0.15, 0.2) is 36.4 Å². The third-order valence-electron chi connectivity index (χ3n) is 3.23. The molecule has 2 aromatic carbocycles. The quantitative estimate of drug-likeness (QED) is 0.457. The highest BCUT2D eigenvalue weighted by Gasteiger charge is 2.16. The van der Waals surface area contributed by atoms with Gasteiger partial charge in [0.1, 0.15) is 5.82 Å². The van der Waals surface area contributed by atoms with Crippen molar-refractivity contribution < 1.29 is 4.39 Å². The van der Waals surface area contributed by atoms with Crippen LogP contribution in [0.3, 0.4) is 0 Å². The summed E-state index contributed by atoms with van der Waals surface area (Å²) in [5.74, 6) is 5.38. The lowest BCUT2D eigenvalue weighted by molar-refractivity contribution is 0.546. The number of halogens is 3. The van der Waals surface area contributed by atoms with Gasteiger partial charge in [0, 0.05) is 8.59 Å². The molecular weight excluding hydrogens is 390 g/mol. The lowest BCUT2D eigenvalue weighted by atomic mass is 9.98. The second kappa shape index (κ2) is 6.85. The van der Waals surface area contributed by atoms with Crippen molar-refractivity contribution in [3.8, 4) is 0 Å². The molecule has 2 aromatic rings. The zero-order valence-corrected chi connectivity index (χ0v) is 13.9. The Labute approximate surface area is 136 Å². The Morgan fingerprint density at radius 1 is 1.35 bits per heavy atom. The molecule has 0 aliphatic carbocycles. The molecule has 1 atom stereocenters. The molecule has 0 aliphatic heterocycles. The maximum atomic E-state index is 13.3. The van der Waals surface area contributed by atoms with Gasteiger partial charge in [-0.15, -0.1) is 0 Å². The number of rotatable bonds is 4. The van der Waals surface area contributed by atoms with Crippen molar-refractivity contribution in [1.82, 2.24) is 5.43 Å². The SMILES string of the molecule is Cc1cccc(C(Cc2cc(F)ccc2Cl)NN)c1I. The number of nitrogens with one attached hydrogen (secondary N) is 1. The number of aryl methyl sites for hydroxylation is 1. The summed E-state index contributed by atoms with van der Waals surface area (Å²) in [6.45, 7) is 2.05. The van der Waals surface area contributed by atoms with E-state index in [2.05, 4.69) is 28.0 Å². The lowest BCUT2D eigenvalue weighted by Crippen LogP contribution is -2.30. The molecule has 2 rings (SSSR count). The maximum absolute atomic E-state index is 13.3. The Kier molecular flexibility index (Phi) is 5.37. The number of nitrogens with two attached hydrogens (primary N) is 1. The molecule has 106 valence electrons. The highest BCUT2D eigenvalue weighted by Crippen LogP contribution is 2.28. The average molecular weight is 405 g/mol. The predicted octanol–water partition coefficient (Wildman–Crippen LogP) is 4.14. The van der Waals surface area contributed by atoms with E-state index in [4.69, 9.17) is 17.4 Å². The van der Waals surface area contributed by atoms with E-state index in [9.17, 15) is 4.39 Å². The second-order valence-corrected chi connectivity index (χ2v) is 6.12. The van der Waals surface area contributed by atoms with Crippen LogP contribution in [0.2, 0.25) is 5.02 Å². The van der Waals surface area contributed by atoms with Gasteiger partial charge in [0.2, 0.25) is 0 Å². The van der Waals surface area contributed by atoms with E-state index in [0.717, 1.165) is 14.7 Å². The van der Waals surface area contributed by atoms with Crippen LogP contribution < -0.4 is 11.3 Å². The minimum absolute atomic E-state index is 0.110. The van der Waals surface area contributed by atoms with Crippen LogP contribution in [-0.4, -0.2) is 0 Å². The van der Waals surface area contributed by atoms with Crippen LogP contribution in [0.5, 0.6) is 0 Å². The van der Waals surface area contributed by atoms with Crippen LogP contribution in [0.4, 0.5) is 4.39 Å². The van der Waals surface area contributed by atoms with Gasteiger partial charge >= 0.3 is 0 Å². The molecule has 0 aromatic heterocycles. The molecule has 20 heavy (non-hydrogen) atoms. The zero-order chi connectivity index (χ0) is 14.7. The first-order valence-corrected chi connectivity index (χ1v) is 7.63. The van der Waals surface area contributed by atoms with E-state index in [1.165, 1.54) is 17.7 Å². The molecule has 2 nitrogen and oxygen atoms in total. The Bertz CT molecular complexity index is 619. The molecule has 5 heteroatoms. The van der Waals surface area contributed by atoms with E-state index in [-0.39, 0.29) is 11.9 Å². The highest BCUT2D eigenvalue weighted by atomic mass is 127. The molecule has 0 amide bonds. The normalized spacial score (nSPS) is 12.4. The molecule has 0 heterocycles. The lowest BCUT2D eigenvalue weighted by Gasteiger charge is -2.19. The smallest absolute Gasteiger partial charge is 0.123 e. The van der Waals surface area contributed by atoms with Crippen molar-refractivity contribution in [2.24, 2.45) is 5.84 Å². The molecule has 1 unspecified atom stereocenters. The summed E-state index contributed by atoms with van der Waals surface area (Å²) < 4.78 is 14.5. The van der Waals surface area contributed by atoms with Crippen LogP contribution in [0, 0.1) is 16.3 Å². The topological polar surface area (TPSA) is 38.0 Å². The molecule has 0 fully saturated rings. The minimum atomic E-state index is -0.292. The maximum Gasteiger partial charge on any atom is 0.123 e. The summed E-state index contributed by atoms with van der Waals surface area (Å²) in [4.78, 5) is 0. The van der Waals surface area contributed by atoms with Gasteiger partial charge in [-0.1, -0.05) is 29.8 Å². The van der Waals surface area contributed by atoms with Crippen molar-refractivity contribution in [3.63, 3.8) is 0 Å². The zero-order valence-electron chi connectivity index (χ0n) is 11.0. The van der Waals surface area contributed by atoms with Crippen LogP contribution in [0.1, 0.15) is 22.7 Å². The molecule has 0 bridgehead atoms. The fraction of sp³-hybridized carbons (Fsp3) is 0.200. The first kappa shape index (κ1) is 15.7. The summed E-state index contributed by atoms with van der Waals surface area (Å²) in [7, 11) is 0. The monoisotopic (exact) mass is 404 g/mol. The van der Waals surface area contributed by atoms with E-state index in [1.54, 1.807) is 6.07 Å². The van der Waals surface area contributed by atoms with Gasteiger partial charge in [0.15, 0.2) is 0 Å².